The summed E-state index contributed by atoms with van der Waals surface area (Å²) in [4.78, 5) is 13.5. The third-order valence-electron chi connectivity index (χ3n) is 3.23. The molecule has 1 heterocycles. The van der Waals surface area contributed by atoms with Crippen LogP contribution >= 0.6 is 15.9 Å². The van der Waals surface area contributed by atoms with E-state index in [0.29, 0.717) is 16.8 Å². The van der Waals surface area contributed by atoms with Crippen LogP contribution in [0.1, 0.15) is 10.4 Å². The third-order valence-corrected chi connectivity index (χ3v) is 3.69. The van der Waals surface area contributed by atoms with Crippen LogP contribution in [0.4, 0.5) is 0 Å². The first-order valence-corrected chi connectivity index (χ1v) is 7.45. The minimum absolute atomic E-state index is 0.0863. The van der Waals surface area contributed by atoms with E-state index in [-0.39, 0.29) is 11.3 Å². The summed E-state index contributed by atoms with van der Waals surface area (Å²) in [6, 6.07) is 3.20. The number of nitrogens with zero attached hydrogens (tertiary/aromatic N) is 1. The Bertz CT molecular complexity index is 502. The van der Waals surface area contributed by atoms with Gasteiger partial charge in [0.1, 0.15) is 12.2 Å². The van der Waals surface area contributed by atoms with E-state index in [1.807, 2.05) is 0 Å². The Kier molecular flexibility index (Phi) is 5.84. The molecule has 0 saturated carbocycles. The van der Waals surface area contributed by atoms with Gasteiger partial charge in [-0.2, -0.15) is 0 Å². The molecule has 1 aromatic carbocycles. The summed E-state index contributed by atoms with van der Waals surface area (Å²) in [5, 5.41) is 9.27. The standard InChI is InChI=1S/C14H18BrNO5/c1-19-12-9-10(15)8-11(14(17)18)13(12)21-7-4-16-2-5-20-6-3-16/h8-9H,2-7H2,1H3,(H,17,18). The molecule has 7 heteroatoms. The maximum Gasteiger partial charge on any atom is 0.339 e. The van der Waals surface area contributed by atoms with Crippen LogP contribution in [0.25, 0.3) is 0 Å². The van der Waals surface area contributed by atoms with Gasteiger partial charge in [0.25, 0.3) is 0 Å². The fourth-order valence-electron chi connectivity index (χ4n) is 2.13. The monoisotopic (exact) mass is 359 g/mol. The van der Waals surface area contributed by atoms with Gasteiger partial charge in [-0.05, 0) is 12.1 Å². The molecule has 0 aliphatic carbocycles. The molecule has 0 amide bonds. The molecular weight excluding hydrogens is 342 g/mol. The van der Waals surface area contributed by atoms with Crippen LogP contribution in [-0.4, -0.2) is 62.5 Å². The van der Waals surface area contributed by atoms with Gasteiger partial charge in [-0.25, -0.2) is 4.79 Å². The van der Waals surface area contributed by atoms with Gasteiger partial charge in [0, 0.05) is 24.1 Å². The van der Waals surface area contributed by atoms with Gasteiger partial charge in [0.2, 0.25) is 0 Å². The Hall–Kier alpha value is -1.31. The van der Waals surface area contributed by atoms with Crippen LogP contribution in [-0.2, 0) is 4.74 Å². The molecular formula is C14H18BrNO5. The topological polar surface area (TPSA) is 68.2 Å². The summed E-state index contributed by atoms with van der Waals surface area (Å²) < 4.78 is 16.8. The largest absolute Gasteiger partial charge is 0.493 e. The van der Waals surface area contributed by atoms with E-state index < -0.39 is 5.97 Å². The first-order valence-electron chi connectivity index (χ1n) is 6.65. The number of halogens is 1. The lowest BCUT2D eigenvalue weighted by Crippen LogP contribution is -2.38. The number of carboxylic acid groups (broad SMARTS) is 1. The minimum atomic E-state index is -1.05. The zero-order chi connectivity index (χ0) is 15.2. The molecule has 1 aliphatic heterocycles. The lowest BCUT2D eigenvalue weighted by molar-refractivity contribution is 0.0320. The summed E-state index contributed by atoms with van der Waals surface area (Å²) in [6.07, 6.45) is 0. The number of aromatic carboxylic acids is 1. The number of hydrogen-bond acceptors (Lipinski definition) is 5. The van der Waals surface area contributed by atoms with Gasteiger partial charge in [0.05, 0.1) is 20.3 Å². The highest BCUT2D eigenvalue weighted by atomic mass is 79.9. The molecule has 0 unspecified atom stereocenters. The van der Waals surface area contributed by atoms with Crippen LogP contribution in [0, 0.1) is 0 Å². The molecule has 116 valence electrons. The normalized spacial score (nSPS) is 15.7. The van der Waals surface area contributed by atoms with Crippen molar-refractivity contribution < 1.29 is 24.1 Å². The van der Waals surface area contributed by atoms with Crippen molar-refractivity contribution in [2.24, 2.45) is 0 Å². The molecule has 1 fully saturated rings. The second kappa shape index (κ2) is 7.63. The molecule has 1 N–H and O–H groups in total. The summed E-state index contributed by atoms with van der Waals surface area (Å²) in [7, 11) is 1.49. The number of carbonyl (C=O) groups is 1. The number of carboxylic acids is 1. The number of methoxy groups -OCH3 is 1. The van der Waals surface area contributed by atoms with Gasteiger partial charge in [-0.3, -0.25) is 4.90 Å². The number of benzene rings is 1. The zero-order valence-corrected chi connectivity index (χ0v) is 13.4. The number of hydrogen-bond donors (Lipinski definition) is 1. The molecule has 0 spiro atoms. The molecule has 1 aliphatic rings. The molecule has 0 radical (unpaired) electrons. The van der Waals surface area contributed by atoms with Crippen molar-refractivity contribution in [1.82, 2.24) is 4.90 Å². The molecule has 2 rings (SSSR count). The summed E-state index contributed by atoms with van der Waals surface area (Å²) in [5.41, 5.74) is 0.0863. The van der Waals surface area contributed by atoms with E-state index in [2.05, 4.69) is 20.8 Å². The van der Waals surface area contributed by atoms with Gasteiger partial charge in [-0.1, -0.05) is 15.9 Å². The van der Waals surface area contributed by atoms with E-state index >= 15 is 0 Å². The smallest absolute Gasteiger partial charge is 0.339 e. The molecule has 0 bridgehead atoms. The van der Waals surface area contributed by atoms with E-state index in [9.17, 15) is 9.90 Å². The van der Waals surface area contributed by atoms with E-state index in [1.165, 1.54) is 13.2 Å². The first-order chi connectivity index (χ1) is 10.1. The van der Waals surface area contributed by atoms with Gasteiger partial charge in [-0.15, -0.1) is 0 Å². The lowest BCUT2D eigenvalue weighted by atomic mass is 10.2. The van der Waals surface area contributed by atoms with Crippen molar-refractivity contribution in [2.75, 3.05) is 46.6 Å². The van der Waals surface area contributed by atoms with Crippen LogP contribution < -0.4 is 9.47 Å². The van der Waals surface area contributed by atoms with Crippen LogP contribution in [0.5, 0.6) is 11.5 Å². The Morgan fingerprint density at radius 1 is 1.43 bits per heavy atom. The van der Waals surface area contributed by atoms with Crippen molar-refractivity contribution in [3.05, 3.63) is 22.2 Å². The van der Waals surface area contributed by atoms with E-state index in [4.69, 9.17) is 14.2 Å². The van der Waals surface area contributed by atoms with Crippen molar-refractivity contribution in [2.45, 2.75) is 0 Å². The molecule has 0 atom stereocenters. The van der Waals surface area contributed by atoms with Crippen LogP contribution in [0.3, 0.4) is 0 Å². The predicted octanol–water partition coefficient (Wildman–Crippen LogP) is 1.87. The molecule has 6 nitrogen and oxygen atoms in total. The third kappa shape index (κ3) is 4.33. The maximum absolute atomic E-state index is 11.3. The number of morpholine rings is 1. The van der Waals surface area contributed by atoms with Crippen molar-refractivity contribution in [1.29, 1.82) is 0 Å². The minimum Gasteiger partial charge on any atom is -0.493 e. The van der Waals surface area contributed by atoms with Crippen LogP contribution in [0.15, 0.2) is 16.6 Å². The van der Waals surface area contributed by atoms with Crippen molar-refractivity contribution >= 4 is 21.9 Å². The average molecular weight is 360 g/mol. The highest BCUT2D eigenvalue weighted by Gasteiger charge is 2.19. The summed E-state index contributed by atoms with van der Waals surface area (Å²) in [6.45, 7) is 4.31. The van der Waals surface area contributed by atoms with Crippen molar-refractivity contribution in [3.8, 4) is 11.5 Å². The van der Waals surface area contributed by atoms with Crippen LogP contribution in [0.2, 0.25) is 0 Å². The summed E-state index contributed by atoms with van der Waals surface area (Å²) >= 11 is 3.27. The summed E-state index contributed by atoms with van der Waals surface area (Å²) in [5.74, 6) is -0.374. The van der Waals surface area contributed by atoms with Gasteiger partial charge < -0.3 is 19.3 Å². The van der Waals surface area contributed by atoms with Gasteiger partial charge >= 0.3 is 5.97 Å². The number of rotatable bonds is 6. The Morgan fingerprint density at radius 3 is 2.76 bits per heavy atom. The predicted molar refractivity (Wildman–Crippen MR) is 80.4 cm³/mol. The zero-order valence-electron chi connectivity index (χ0n) is 11.8. The molecule has 21 heavy (non-hydrogen) atoms. The highest BCUT2D eigenvalue weighted by Crippen LogP contribution is 2.34. The SMILES string of the molecule is COc1cc(Br)cc(C(=O)O)c1OCCN1CCOCC1. The van der Waals surface area contributed by atoms with E-state index in [0.717, 1.165) is 32.8 Å². The maximum atomic E-state index is 11.3. The lowest BCUT2D eigenvalue weighted by Gasteiger charge is -2.26. The van der Waals surface area contributed by atoms with Crippen molar-refractivity contribution in [3.63, 3.8) is 0 Å². The Morgan fingerprint density at radius 2 is 2.14 bits per heavy atom. The Labute approximate surface area is 131 Å². The first kappa shape index (κ1) is 16.1. The molecule has 1 saturated heterocycles. The highest BCUT2D eigenvalue weighted by molar-refractivity contribution is 9.10. The quantitative estimate of drug-likeness (QED) is 0.836. The Balaban J connectivity index is 2.05. The van der Waals surface area contributed by atoms with Gasteiger partial charge in [0.15, 0.2) is 11.5 Å². The molecule has 0 aromatic heterocycles. The average Bonchev–Trinajstić information content (AvgIpc) is 2.49. The van der Waals surface area contributed by atoms with E-state index in [1.54, 1.807) is 6.07 Å². The fourth-order valence-corrected chi connectivity index (χ4v) is 2.57. The molecule has 1 aromatic rings. The number of ether oxygens (including phenoxy) is 3. The second-order valence-corrected chi connectivity index (χ2v) is 5.51. The second-order valence-electron chi connectivity index (χ2n) is 4.59. The fraction of sp³-hybridized carbons (Fsp3) is 0.500.